The van der Waals surface area contributed by atoms with Crippen molar-refractivity contribution in [1.29, 1.82) is 0 Å². The van der Waals surface area contributed by atoms with Gasteiger partial charge in [0.2, 0.25) is 0 Å². The Morgan fingerprint density at radius 2 is 1.82 bits per heavy atom. The lowest BCUT2D eigenvalue weighted by Crippen LogP contribution is -2.13. The van der Waals surface area contributed by atoms with Crippen molar-refractivity contribution in [2.24, 2.45) is 5.92 Å². The third-order valence-corrected chi connectivity index (χ3v) is 5.28. The Morgan fingerprint density at radius 1 is 1.14 bits per heavy atom. The molecule has 0 radical (unpaired) electrons. The Bertz CT molecular complexity index is 441. The van der Waals surface area contributed by atoms with Gasteiger partial charge in [-0.3, -0.25) is 0 Å². The van der Waals surface area contributed by atoms with Crippen molar-refractivity contribution in [2.45, 2.75) is 62.4 Å². The first-order valence-electron chi connectivity index (χ1n) is 8.21. The second kappa shape index (κ2) is 8.68. The van der Waals surface area contributed by atoms with Crippen LogP contribution in [0.3, 0.4) is 0 Å². The predicted molar refractivity (Wildman–Crippen MR) is 92.0 cm³/mol. The minimum atomic E-state index is 0.235. The van der Waals surface area contributed by atoms with Crippen LogP contribution < -0.4 is 9.47 Å². The number of thioether (sulfide) groups is 1. The molecule has 1 saturated heterocycles. The second-order valence-electron chi connectivity index (χ2n) is 5.98. The molecule has 1 aromatic carbocycles. The Kier molecular flexibility index (Phi) is 6.90. The van der Waals surface area contributed by atoms with Gasteiger partial charge in [0.25, 0.3) is 0 Å². The van der Waals surface area contributed by atoms with E-state index in [-0.39, 0.29) is 5.44 Å². The molecule has 1 aliphatic heterocycles. The number of benzene rings is 1. The molecule has 0 aliphatic carbocycles. The van der Waals surface area contributed by atoms with Gasteiger partial charge in [0.1, 0.15) is 16.9 Å². The summed E-state index contributed by atoms with van der Waals surface area (Å²) in [5.41, 5.74) is 0.235. The summed E-state index contributed by atoms with van der Waals surface area (Å²) >= 11 is 1.77. The Labute approximate surface area is 138 Å². The highest BCUT2D eigenvalue weighted by atomic mass is 32.2. The van der Waals surface area contributed by atoms with Gasteiger partial charge in [0, 0.05) is 11.0 Å². The molecule has 4 heteroatoms. The molecule has 1 aromatic rings. The molecule has 1 aliphatic rings. The van der Waals surface area contributed by atoms with E-state index in [9.17, 15) is 0 Å². The van der Waals surface area contributed by atoms with Crippen molar-refractivity contribution < 1.29 is 14.2 Å². The molecular formula is C18H28O3S. The van der Waals surface area contributed by atoms with E-state index in [0.29, 0.717) is 12.0 Å². The smallest absolute Gasteiger partial charge is 0.123 e. The second-order valence-corrected chi connectivity index (χ2v) is 7.21. The van der Waals surface area contributed by atoms with Crippen molar-refractivity contribution in [2.75, 3.05) is 14.2 Å². The minimum absolute atomic E-state index is 0.235. The van der Waals surface area contributed by atoms with Gasteiger partial charge in [0.15, 0.2) is 0 Å². The van der Waals surface area contributed by atoms with Gasteiger partial charge in [-0.05, 0) is 30.9 Å². The number of rotatable bonds is 8. The Hall–Kier alpha value is -0.870. The van der Waals surface area contributed by atoms with Crippen LogP contribution >= 0.6 is 11.8 Å². The van der Waals surface area contributed by atoms with Crippen LogP contribution in [0, 0.1) is 5.92 Å². The van der Waals surface area contributed by atoms with E-state index < -0.39 is 0 Å². The molecule has 0 N–H and O–H groups in total. The van der Waals surface area contributed by atoms with Crippen LogP contribution in [-0.4, -0.2) is 25.8 Å². The minimum Gasteiger partial charge on any atom is -0.497 e. The molecule has 3 atom stereocenters. The predicted octanol–water partition coefficient (Wildman–Crippen LogP) is 5.13. The Morgan fingerprint density at radius 3 is 2.41 bits per heavy atom. The lowest BCUT2D eigenvalue weighted by Gasteiger charge is -2.15. The first-order chi connectivity index (χ1) is 10.7. The highest BCUT2D eigenvalue weighted by Crippen LogP contribution is 2.40. The van der Waals surface area contributed by atoms with Gasteiger partial charge in [-0.2, -0.15) is 0 Å². The van der Waals surface area contributed by atoms with Crippen LogP contribution in [0.2, 0.25) is 0 Å². The van der Waals surface area contributed by atoms with Crippen molar-refractivity contribution >= 4 is 11.8 Å². The zero-order chi connectivity index (χ0) is 15.9. The lowest BCUT2D eigenvalue weighted by molar-refractivity contribution is 0.0697. The third-order valence-electron chi connectivity index (χ3n) is 4.21. The van der Waals surface area contributed by atoms with Gasteiger partial charge in [-0.1, -0.05) is 44.9 Å². The zero-order valence-electron chi connectivity index (χ0n) is 14.1. The maximum atomic E-state index is 6.25. The average molecular weight is 324 g/mol. The van der Waals surface area contributed by atoms with E-state index in [1.165, 1.54) is 25.7 Å². The van der Waals surface area contributed by atoms with Crippen molar-refractivity contribution in [1.82, 2.24) is 0 Å². The standard InChI is InChI=1S/C18H28O3S/c1-5-6-7-8-17-13(2)9-18(21-17)22-16-11-14(19-3)10-15(12-16)20-4/h10-13,17-18H,5-9H2,1-4H3/t13-,17?,18?/m1/s1. The molecule has 2 rings (SSSR count). The molecule has 1 heterocycles. The zero-order valence-corrected chi connectivity index (χ0v) is 14.9. The highest BCUT2D eigenvalue weighted by Gasteiger charge is 2.32. The molecule has 0 aromatic heterocycles. The third kappa shape index (κ3) is 4.82. The first-order valence-corrected chi connectivity index (χ1v) is 9.09. The van der Waals surface area contributed by atoms with Crippen molar-refractivity contribution in [3.8, 4) is 11.5 Å². The summed E-state index contributed by atoms with van der Waals surface area (Å²) in [7, 11) is 3.36. The van der Waals surface area contributed by atoms with Gasteiger partial charge in [-0.15, -0.1) is 0 Å². The fourth-order valence-corrected chi connectivity index (χ4v) is 4.14. The Balaban J connectivity index is 1.94. The maximum absolute atomic E-state index is 6.25. The largest absolute Gasteiger partial charge is 0.497 e. The molecule has 0 saturated carbocycles. The van der Waals surface area contributed by atoms with Crippen molar-refractivity contribution in [3.05, 3.63) is 18.2 Å². The molecule has 1 fully saturated rings. The lowest BCUT2D eigenvalue weighted by atomic mass is 9.99. The van der Waals surface area contributed by atoms with Crippen LogP contribution in [0.25, 0.3) is 0 Å². The molecule has 0 spiro atoms. The van der Waals surface area contributed by atoms with Gasteiger partial charge >= 0.3 is 0 Å². The van der Waals surface area contributed by atoms with Crippen LogP contribution in [0.4, 0.5) is 0 Å². The van der Waals surface area contributed by atoms with E-state index in [0.717, 1.165) is 22.8 Å². The van der Waals surface area contributed by atoms with E-state index >= 15 is 0 Å². The van der Waals surface area contributed by atoms with Gasteiger partial charge in [0.05, 0.1) is 20.3 Å². The summed E-state index contributed by atoms with van der Waals surface area (Å²) in [6.45, 7) is 4.55. The highest BCUT2D eigenvalue weighted by molar-refractivity contribution is 7.99. The summed E-state index contributed by atoms with van der Waals surface area (Å²) in [6, 6.07) is 5.99. The van der Waals surface area contributed by atoms with Gasteiger partial charge in [-0.25, -0.2) is 0 Å². The number of ether oxygens (including phenoxy) is 3. The van der Waals surface area contributed by atoms with Crippen LogP contribution in [0.5, 0.6) is 11.5 Å². The summed E-state index contributed by atoms with van der Waals surface area (Å²) in [5.74, 6) is 2.29. The first kappa shape index (κ1) is 17.5. The molecular weight excluding hydrogens is 296 g/mol. The van der Waals surface area contributed by atoms with Crippen LogP contribution in [0.1, 0.15) is 46.0 Å². The molecule has 124 valence electrons. The summed E-state index contributed by atoms with van der Waals surface area (Å²) in [5, 5.41) is 0. The van der Waals surface area contributed by atoms with E-state index in [1.54, 1.807) is 26.0 Å². The topological polar surface area (TPSA) is 27.7 Å². The quantitative estimate of drug-likeness (QED) is 0.620. The number of methoxy groups -OCH3 is 2. The van der Waals surface area contributed by atoms with Crippen LogP contribution in [-0.2, 0) is 4.74 Å². The normalized spacial score (nSPS) is 24.5. The average Bonchev–Trinajstić information content (AvgIpc) is 2.86. The number of unbranched alkanes of at least 4 members (excludes halogenated alkanes) is 2. The molecule has 0 amide bonds. The molecule has 2 unspecified atom stereocenters. The van der Waals surface area contributed by atoms with E-state index in [4.69, 9.17) is 14.2 Å². The molecule has 22 heavy (non-hydrogen) atoms. The monoisotopic (exact) mass is 324 g/mol. The van der Waals surface area contributed by atoms with Crippen LogP contribution in [0.15, 0.2) is 23.1 Å². The molecule has 3 nitrogen and oxygen atoms in total. The number of hydrogen-bond donors (Lipinski definition) is 0. The van der Waals surface area contributed by atoms with E-state index in [2.05, 4.69) is 13.8 Å². The summed E-state index contributed by atoms with van der Waals surface area (Å²) in [4.78, 5) is 1.14. The van der Waals surface area contributed by atoms with E-state index in [1.807, 2.05) is 18.2 Å². The summed E-state index contributed by atoms with van der Waals surface area (Å²) < 4.78 is 16.9. The fraction of sp³-hybridized carbons (Fsp3) is 0.667. The maximum Gasteiger partial charge on any atom is 0.123 e. The SMILES string of the molecule is CCCCCC1OC(Sc2cc(OC)cc(OC)c2)C[C@H]1C. The fourth-order valence-electron chi connectivity index (χ4n) is 2.87. The van der Waals surface area contributed by atoms with Gasteiger partial charge < -0.3 is 14.2 Å². The summed E-state index contributed by atoms with van der Waals surface area (Å²) in [6.07, 6.45) is 6.56. The molecule has 0 bridgehead atoms. The number of hydrogen-bond acceptors (Lipinski definition) is 4. The van der Waals surface area contributed by atoms with Crippen molar-refractivity contribution in [3.63, 3.8) is 0 Å².